The molecule has 0 aliphatic carbocycles. The number of hydrogen-bond donors (Lipinski definition) is 1. The first-order valence-corrected chi connectivity index (χ1v) is 5.93. The lowest BCUT2D eigenvalue weighted by Gasteiger charge is -1.90. The molecule has 2 aromatic heterocycles. The summed E-state index contributed by atoms with van der Waals surface area (Å²) in [5.41, 5.74) is 9.77. The molecule has 0 aliphatic rings. The standard InChI is InChI=1S/C15H17N3/c1-3-4-7-13(16)9-10-14-12(2)15-8-5-6-11-18(15)17-14/h3-11H,16H2,1-2H3/b4-3-,10-9+,13-7+. The summed E-state index contributed by atoms with van der Waals surface area (Å²) in [6, 6.07) is 6.03. The van der Waals surface area contributed by atoms with Gasteiger partial charge in [-0.15, -0.1) is 0 Å². The molecule has 2 N–H and O–H groups in total. The molecule has 2 heterocycles. The number of pyridine rings is 1. The van der Waals surface area contributed by atoms with Gasteiger partial charge in [0, 0.05) is 17.5 Å². The van der Waals surface area contributed by atoms with E-state index in [0.29, 0.717) is 5.70 Å². The fraction of sp³-hybridized carbons (Fsp3) is 0.133. The minimum absolute atomic E-state index is 0.713. The fourth-order valence-electron chi connectivity index (χ4n) is 1.74. The summed E-state index contributed by atoms with van der Waals surface area (Å²) in [4.78, 5) is 0. The van der Waals surface area contributed by atoms with Gasteiger partial charge in [-0.2, -0.15) is 5.10 Å². The highest BCUT2D eigenvalue weighted by atomic mass is 15.2. The molecule has 0 spiro atoms. The van der Waals surface area contributed by atoms with Crippen molar-refractivity contribution in [2.75, 3.05) is 0 Å². The number of rotatable bonds is 3. The topological polar surface area (TPSA) is 43.3 Å². The Hall–Kier alpha value is -2.29. The number of nitrogens with two attached hydrogens (primary N) is 1. The van der Waals surface area contributed by atoms with E-state index in [1.54, 1.807) is 0 Å². The van der Waals surface area contributed by atoms with E-state index in [1.807, 2.05) is 60.1 Å². The van der Waals surface area contributed by atoms with E-state index < -0.39 is 0 Å². The van der Waals surface area contributed by atoms with Crippen LogP contribution in [0.5, 0.6) is 0 Å². The maximum Gasteiger partial charge on any atom is 0.0891 e. The van der Waals surface area contributed by atoms with Crippen LogP contribution in [0.2, 0.25) is 0 Å². The van der Waals surface area contributed by atoms with Crippen molar-refractivity contribution >= 4 is 11.6 Å². The minimum Gasteiger partial charge on any atom is -0.399 e. The molecule has 3 heteroatoms. The molecule has 0 fully saturated rings. The van der Waals surface area contributed by atoms with Gasteiger partial charge in [-0.05, 0) is 44.2 Å². The number of allylic oxidation sites excluding steroid dienone is 4. The molecule has 0 atom stereocenters. The summed E-state index contributed by atoms with van der Waals surface area (Å²) >= 11 is 0. The Labute approximate surface area is 107 Å². The van der Waals surface area contributed by atoms with E-state index in [2.05, 4.69) is 18.1 Å². The van der Waals surface area contributed by atoms with Crippen molar-refractivity contribution in [1.29, 1.82) is 0 Å². The highest BCUT2D eigenvalue weighted by Gasteiger charge is 2.04. The maximum atomic E-state index is 5.84. The fourth-order valence-corrected chi connectivity index (χ4v) is 1.74. The molecular formula is C15H17N3. The Bertz CT molecular complexity index is 630. The Balaban J connectivity index is 2.32. The lowest BCUT2D eigenvalue weighted by atomic mass is 10.2. The zero-order valence-corrected chi connectivity index (χ0v) is 10.7. The van der Waals surface area contributed by atoms with E-state index >= 15 is 0 Å². The van der Waals surface area contributed by atoms with Gasteiger partial charge in [-0.25, -0.2) is 4.52 Å². The lowest BCUT2D eigenvalue weighted by Crippen LogP contribution is -1.91. The summed E-state index contributed by atoms with van der Waals surface area (Å²) < 4.78 is 1.88. The average Bonchev–Trinajstić information content (AvgIpc) is 2.71. The van der Waals surface area contributed by atoms with Gasteiger partial charge in [0.25, 0.3) is 0 Å². The second kappa shape index (κ2) is 5.36. The highest BCUT2D eigenvalue weighted by molar-refractivity contribution is 5.64. The minimum atomic E-state index is 0.713. The summed E-state index contributed by atoms with van der Waals surface area (Å²) in [6.45, 7) is 4.02. The zero-order chi connectivity index (χ0) is 13.0. The largest absolute Gasteiger partial charge is 0.399 e. The monoisotopic (exact) mass is 239 g/mol. The molecule has 0 aromatic carbocycles. The van der Waals surface area contributed by atoms with Crippen molar-refractivity contribution in [2.45, 2.75) is 13.8 Å². The van der Waals surface area contributed by atoms with Crippen LogP contribution in [0.1, 0.15) is 18.2 Å². The van der Waals surface area contributed by atoms with Crippen molar-refractivity contribution < 1.29 is 0 Å². The molecule has 0 saturated carbocycles. The molecule has 2 rings (SSSR count). The summed E-state index contributed by atoms with van der Waals surface area (Å²) in [7, 11) is 0. The number of aromatic nitrogens is 2. The van der Waals surface area contributed by atoms with Gasteiger partial charge in [0.15, 0.2) is 0 Å². The van der Waals surface area contributed by atoms with Gasteiger partial charge in [-0.1, -0.05) is 18.2 Å². The smallest absolute Gasteiger partial charge is 0.0891 e. The third-order valence-electron chi connectivity index (χ3n) is 2.74. The van der Waals surface area contributed by atoms with E-state index in [9.17, 15) is 0 Å². The van der Waals surface area contributed by atoms with Crippen LogP contribution in [0.3, 0.4) is 0 Å². The van der Waals surface area contributed by atoms with Crippen LogP contribution in [-0.4, -0.2) is 9.61 Å². The van der Waals surface area contributed by atoms with Gasteiger partial charge in [0.05, 0.1) is 11.2 Å². The normalized spacial score (nSPS) is 13.1. The average molecular weight is 239 g/mol. The van der Waals surface area contributed by atoms with Crippen molar-refractivity contribution in [3.8, 4) is 0 Å². The van der Waals surface area contributed by atoms with Crippen molar-refractivity contribution in [3.05, 3.63) is 65.7 Å². The second-order valence-corrected chi connectivity index (χ2v) is 4.07. The Kier molecular flexibility index (Phi) is 3.63. The molecule has 0 radical (unpaired) electrons. The first kappa shape index (κ1) is 12.2. The molecule has 0 saturated heterocycles. The van der Waals surface area contributed by atoms with E-state index in [4.69, 9.17) is 5.73 Å². The van der Waals surface area contributed by atoms with Crippen LogP contribution < -0.4 is 5.73 Å². The van der Waals surface area contributed by atoms with E-state index in [-0.39, 0.29) is 0 Å². The van der Waals surface area contributed by atoms with E-state index in [1.165, 1.54) is 0 Å². The number of hydrogen-bond acceptors (Lipinski definition) is 2. The number of fused-ring (bicyclic) bond motifs is 1. The van der Waals surface area contributed by atoms with Gasteiger partial charge >= 0.3 is 0 Å². The molecular weight excluding hydrogens is 222 g/mol. The molecule has 0 amide bonds. The lowest BCUT2D eigenvalue weighted by molar-refractivity contribution is 0.954. The van der Waals surface area contributed by atoms with Crippen LogP contribution in [0.15, 0.2) is 54.4 Å². The van der Waals surface area contributed by atoms with E-state index in [0.717, 1.165) is 16.8 Å². The quantitative estimate of drug-likeness (QED) is 0.836. The molecule has 0 aliphatic heterocycles. The van der Waals surface area contributed by atoms with Crippen LogP contribution in [-0.2, 0) is 0 Å². The SMILES string of the molecule is C\C=C/C=C(N)\C=C\c1nn2ccccc2c1C. The third kappa shape index (κ3) is 2.51. The van der Waals surface area contributed by atoms with Gasteiger partial charge in [0.1, 0.15) is 0 Å². The molecule has 0 bridgehead atoms. The summed E-state index contributed by atoms with van der Waals surface area (Å²) in [6.07, 6.45) is 11.5. The molecule has 3 nitrogen and oxygen atoms in total. The van der Waals surface area contributed by atoms with Gasteiger partial charge in [0.2, 0.25) is 0 Å². The molecule has 2 aromatic rings. The summed E-state index contributed by atoms with van der Waals surface area (Å²) in [5, 5.41) is 4.49. The van der Waals surface area contributed by atoms with Crippen molar-refractivity contribution in [3.63, 3.8) is 0 Å². The van der Waals surface area contributed by atoms with Crippen LogP contribution in [0, 0.1) is 6.92 Å². The van der Waals surface area contributed by atoms with Crippen LogP contribution in [0.25, 0.3) is 11.6 Å². The first-order chi connectivity index (χ1) is 8.72. The van der Waals surface area contributed by atoms with Crippen LogP contribution >= 0.6 is 0 Å². The number of aryl methyl sites for hydroxylation is 1. The predicted molar refractivity (Wildman–Crippen MR) is 76.0 cm³/mol. The zero-order valence-electron chi connectivity index (χ0n) is 10.7. The van der Waals surface area contributed by atoms with Gasteiger partial charge in [-0.3, -0.25) is 0 Å². The number of nitrogens with zero attached hydrogens (tertiary/aromatic N) is 2. The van der Waals surface area contributed by atoms with Crippen molar-refractivity contribution in [2.24, 2.45) is 5.73 Å². The first-order valence-electron chi connectivity index (χ1n) is 5.93. The highest BCUT2D eigenvalue weighted by Crippen LogP contribution is 2.15. The maximum absolute atomic E-state index is 5.84. The third-order valence-corrected chi connectivity index (χ3v) is 2.74. The Morgan fingerprint density at radius 3 is 2.94 bits per heavy atom. The predicted octanol–water partition coefficient (Wildman–Crippen LogP) is 3.07. The Morgan fingerprint density at radius 2 is 2.22 bits per heavy atom. The molecule has 92 valence electrons. The molecule has 18 heavy (non-hydrogen) atoms. The summed E-state index contributed by atoms with van der Waals surface area (Å²) in [5.74, 6) is 0. The molecule has 0 unspecified atom stereocenters. The Morgan fingerprint density at radius 1 is 1.39 bits per heavy atom. The van der Waals surface area contributed by atoms with Crippen molar-refractivity contribution in [1.82, 2.24) is 9.61 Å². The van der Waals surface area contributed by atoms with Crippen LogP contribution in [0.4, 0.5) is 0 Å². The second-order valence-electron chi connectivity index (χ2n) is 4.07. The van der Waals surface area contributed by atoms with Gasteiger partial charge < -0.3 is 5.73 Å².